The summed E-state index contributed by atoms with van der Waals surface area (Å²) in [5.74, 6) is 4.23. The molecule has 0 bridgehead atoms. The van der Waals surface area contributed by atoms with E-state index < -0.39 is 0 Å². The van der Waals surface area contributed by atoms with E-state index >= 15 is 0 Å². The second-order valence-corrected chi connectivity index (χ2v) is 6.94. The molecule has 0 radical (unpaired) electrons. The standard InChI is InChI=1S/C14H25N3OS/c1-4-8-19-10-12-16-13(18-17-12)14(2,3)11-6-5-7-15-9-11/h11,15H,4-10H2,1-3H3. The first-order valence-electron chi connectivity index (χ1n) is 7.26. The summed E-state index contributed by atoms with van der Waals surface area (Å²) in [5, 5.41) is 7.59. The Morgan fingerprint density at radius 3 is 3.00 bits per heavy atom. The normalized spacial score (nSPS) is 20.7. The summed E-state index contributed by atoms with van der Waals surface area (Å²) in [6, 6.07) is 0. The van der Waals surface area contributed by atoms with Crippen LogP contribution in [-0.2, 0) is 11.2 Å². The van der Waals surface area contributed by atoms with E-state index in [1.165, 1.54) is 19.3 Å². The third-order valence-corrected chi connectivity index (χ3v) is 5.08. The lowest BCUT2D eigenvalue weighted by atomic mass is 9.75. The minimum atomic E-state index is -0.0336. The Morgan fingerprint density at radius 1 is 1.47 bits per heavy atom. The van der Waals surface area contributed by atoms with Crippen LogP contribution in [0.25, 0.3) is 0 Å². The van der Waals surface area contributed by atoms with E-state index in [9.17, 15) is 0 Å². The second-order valence-electron chi connectivity index (χ2n) is 5.83. The number of hydrogen-bond acceptors (Lipinski definition) is 5. The third-order valence-electron chi connectivity index (χ3n) is 3.92. The van der Waals surface area contributed by atoms with E-state index in [1.807, 2.05) is 11.8 Å². The zero-order chi connectivity index (χ0) is 13.7. The van der Waals surface area contributed by atoms with Gasteiger partial charge in [0.1, 0.15) is 0 Å². The van der Waals surface area contributed by atoms with E-state index in [0.29, 0.717) is 5.92 Å². The highest BCUT2D eigenvalue weighted by Gasteiger charge is 2.37. The van der Waals surface area contributed by atoms with Gasteiger partial charge in [0.25, 0.3) is 0 Å². The predicted octanol–water partition coefficient (Wildman–Crippen LogP) is 2.99. The Bertz CT molecular complexity index is 386. The van der Waals surface area contributed by atoms with E-state index in [0.717, 1.165) is 36.3 Å². The zero-order valence-electron chi connectivity index (χ0n) is 12.2. The fourth-order valence-electron chi connectivity index (χ4n) is 2.52. The zero-order valence-corrected chi connectivity index (χ0v) is 13.1. The van der Waals surface area contributed by atoms with Crippen LogP contribution in [0.1, 0.15) is 51.7 Å². The summed E-state index contributed by atoms with van der Waals surface area (Å²) in [5.41, 5.74) is -0.0336. The number of nitrogens with zero attached hydrogens (tertiary/aromatic N) is 2. The van der Waals surface area contributed by atoms with E-state index in [4.69, 9.17) is 4.52 Å². The molecule has 1 unspecified atom stereocenters. The van der Waals surface area contributed by atoms with Gasteiger partial charge in [-0.3, -0.25) is 0 Å². The topological polar surface area (TPSA) is 51.0 Å². The van der Waals surface area contributed by atoms with Crippen molar-refractivity contribution in [1.82, 2.24) is 15.5 Å². The summed E-state index contributed by atoms with van der Waals surface area (Å²) in [6.45, 7) is 8.82. The maximum absolute atomic E-state index is 5.51. The predicted molar refractivity (Wildman–Crippen MR) is 79.4 cm³/mol. The van der Waals surface area contributed by atoms with Crippen molar-refractivity contribution in [1.29, 1.82) is 0 Å². The van der Waals surface area contributed by atoms with Gasteiger partial charge in [-0.15, -0.1) is 0 Å². The van der Waals surface area contributed by atoms with Crippen molar-refractivity contribution in [2.24, 2.45) is 5.92 Å². The van der Waals surface area contributed by atoms with Crippen molar-refractivity contribution in [3.63, 3.8) is 0 Å². The van der Waals surface area contributed by atoms with Crippen LogP contribution in [0.15, 0.2) is 4.52 Å². The fraction of sp³-hybridized carbons (Fsp3) is 0.857. The van der Waals surface area contributed by atoms with Gasteiger partial charge < -0.3 is 9.84 Å². The smallest absolute Gasteiger partial charge is 0.232 e. The lowest BCUT2D eigenvalue weighted by molar-refractivity contribution is 0.196. The molecule has 0 aromatic carbocycles. The fourth-order valence-corrected chi connectivity index (χ4v) is 3.26. The van der Waals surface area contributed by atoms with E-state index in [1.54, 1.807) is 0 Å². The van der Waals surface area contributed by atoms with Crippen LogP contribution < -0.4 is 5.32 Å². The Morgan fingerprint density at radius 2 is 2.32 bits per heavy atom. The van der Waals surface area contributed by atoms with Gasteiger partial charge in [0.2, 0.25) is 5.89 Å². The third kappa shape index (κ3) is 3.72. The highest BCUT2D eigenvalue weighted by molar-refractivity contribution is 7.98. The molecule has 108 valence electrons. The molecule has 1 fully saturated rings. The van der Waals surface area contributed by atoms with Crippen LogP contribution in [-0.4, -0.2) is 29.0 Å². The van der Waals surface area contributed by atoms with Gasteiger partial charge in [0.15, 0.2) is 5.82 Å². The molecule has 0 amide bonds. The van der Waals surface area contributed by atoms with E-state index in [-0.39, 0.29) is 5.41 Å². The molecule has 2 rings (SSSR count). The molecule has 0 spiro atoms. The first-order valence-corrected chi connectivity index (χ1v) is 8.41. The molecule has 1 atom stereocenters. The van der Waals surface area contributed by atoms with Gasteiger partial charge in [-0.1, -0.05) is 25.9 Å². The molecular weight excluding hydrogens is 258 g/mol. The van der Waals surface area contributed by atoms with E-state index in [2.05, 4.69) is 36.2 Å². The number of hydrogen-bond donors (Lipinski definition) is 1. The summed E-state index contributed by atoms with van der Waals surface area (Å²) in [7, 11) is 0. The van der Waals surface area contributed by atoms with Crippen LogP contribution in [0.3, 0.4) is 0 Å². The molecule has 1 aromatic rings. The van der Waals surface area contributed by atoms with Crippen molar-refractivity contribution >= 4 is 11.8 Å². The molecule has 19 heavy (non-hydrogen) atoms. The minimum absolute atomic E-state index is 0.0336. The number of rotatable bonds is 6. The lowest BCUT2D eigenvalue weighted by Crippen LogP contribution is -2.40. The molecule has 1 aromatic heterocycles. The van der Waals surface area contributed by atoms with Crippen molar-refractivity contribution < 1.29 is 4.52 Å². The maximum atomic E-state index is 5.51. The quantitative estimate of drug-likeness (QED) is 0.813. The van der Waals surface area contributed by atoms with Crippen LogP contribution in [0.5, 0.6) is 0 Å². The first kappa shape index (κ1) is 14.9. The molecule has 2 heterocycles. The molecule has 0 aliphatic carbocycles. The molecule has 4 nitrogen and oxygen atoms in total. The molecule has 1 N–H and O–H groups in total. The van der Waals surface area contributed by atoms with Gasteiger partial charge in [0, 0.05) is 5.41 Å². The largest absolute Gasteiger partial charge is 0.339 e. The van der Waals surface area contributed by atoms with Gasteiger partial charge >= 0.3 is 0 Å². The van der Waals surface area contributed by atoms with Crippen LogP contribution >= 0.6 is 11.8 Å². The van der Waals surface area contributed by atoms with Gasteiger partial charge in [0.05, 0.1) is 5.75 Å². The molecule has 1 aliphatic rings. The van der Waals surface area contributed by atoms with Crippen molar-refractivity contribution in [2.75, 3.05) is 18.8 Å². The highest BCUT2D eigenvalue weighted by Crippen LogP contribution is 2.34. The van der Waals surface area contributed by atoms with Crippen LogP contribution in [0.4, 0.5) is 0 Å². The summed E-state index contributed by atoms with van der Waals surface area (Å²) in [6.07, 6.45) is 3.67. The maximum Gasteiger partial charge on any atom is 0.232 e. The minimum Gasteiger partial charge on any atom is -0.339 e. The molecule has 0 saturated carbocycles. The average Bonchev–Trinajstić information content (AvgIpc) is 2.90. The SMILES string of the molecule is CCCSCc1noc(C(C)(C)C2CCCNC2)n1. The number of nitrogens with one attached hydrogen (secondary N) is 1. The van der Waals surface area contributed by atoms with Gasteiger partial charge in [-0.05, 0) is 44.0 Å². The van der Waals surface area contributed by atoms with Crippen LogP contribution in [0.2, 0.25) is 0 Å². The number of piperidine rings is 1. The summed E-state index contributed by atoms with van der Waals surface area (Å²) in [4.78, 5) is 4.60. The van der Waals surface area contributed by atoms with Crippen molar-refractivity contribution in [3.8, 4) is 0 Å². The van der Waals surface area contributed by atoms with Gasteiger partial charge in [-0.25, -0.2) is 0 Å². The Balaban J connectivity index is 1.99. The Hall–Kier alpha value is -0.550. The number of aromatic nitrogens is 2. The lowest BCUT2D eigenvalue weighted by Gasteiger charge is -2.34. The molecule has 5 heteroatoms. The second kappa shape index (κ2) is 6.75. The van der Waals surface area contributed by atoms with Gasteiger partial charge in [-0.2, -0.15) is 16.7 Å². The highest BCUT2D eigenvalue weighted by atomic mass is 32.2. The molecule has 1 saturated heterocycles. The number of thioether (sulfide) groups is 1. The van der Waals surface area contributed by atoms with Crippen molar-refractivity contribution in [2.45, 2.75) is 51.2 Å². The van der Waals surface area contributed by atoms with Crippen molar-refractivity contribution in [3.05, 3.63) is 11.7 Å². The Labute approximate surface area is 120 Å². The molecular formula is C14H25N3OS. The summed E-state index contributed by atoms with van der Waals surface area (Å²) >= 11 is 1.87. The first-order chi connectivity index (χ1) is 9.14. The molecule has 1 aliphatic heterocycles. The average molecular weight is 283 g/mol. The Kier molecular flexibility index (Phi) is 5.28. The monoisotopic (exact) mass is 283 g/mol. The van der Waals surface area contributed by atoms with Crippen LogP contribution in [0, 0.1) is 5.92 Å². The summed E-state index contributed by atoms with van der Waals surface area (Å²) < 4.78 is 5.51.